The van der Waals surface area contributed by atoms with Crippen LogP contribution in [0.5, 0.6) is 5.75 Å². The molecule has 11 heteroatoms. The molecule has 0 spiro atoms. The predicted octanol–water partition coefficient (Wildman–Crippen LogP) is 2.96. The van der Waals surface area contributed by atoms with Crippen LogP contribution >= 0.6 is 0 Å². The Morgan fingerprint density at radius 3 is 2.57 bits per heavy atom. The summed E-state index contributed by atoms with van der Waals surface area (Å²) in [5, 5.41) is 24.6. The molecule has 0 aliphatic rings. The van der Waals surface area contributed by atoms with Gasteiger partial charge in [0.1, 0.15) is 12.0 Å². The van der Waals surface area contributed by atoms with E-state index in [4.69, 9.17) is 9.47 Å². The molecule has 2 aromatic rings. The van der Waals surface area contributed by atoms with Crippen molar-refractivity contribution in [1.29, 1.82) is 0 Å². The number of ether oxygens (including phenoxy) is 2. The summed E-state index contributed by atoms with van der Waals surface area (Å²) in [5.74, 6) is -0.137. The maximum absolute atomic E-state index is 12.0. The molecule has 1 aromatic carbocycles. The number of hydrogen-bond donors (Lipinski definition) is 1. The lowest BCUT2D eigenvalue weighted by Crippen LogP contribution is -2.11. The molecule has 0 saturated carbocycles. The zero-order valence-electron chi connectivity index (χ0n) is 15.0. The highest BCUT2D eigenvalue weighted by Gasteiger charge is 2.19. The molecule has 0 amide bonds. The van der Waals surface area contributed by atoms with Gasteiger partial charge in [-0.25, -0.2) is 9.78 Å². The van der Waals surface area contributed by atoms with E-state index in [1.807, 2.05) is 0 Å². The zero-order chi connectivity index (χ0) is 20.5. The van der Waals surface area contributed by atoms with Crippen LogP contribution in [0.1, 0.15) is 23.7 Å². The smallest absolute Gasteiger partial charge is 0.338 e. The first-order chi connectivity index (χ1) is 13.4. The van der Waals surface area contributed by atoms with E-state index in [0.29, 0.717) is 18.8 Å². The molecular weight excluding hydrogens is 372 g/mol. The number of anilines is 1. The summed E-state index contributed by atoms with van der Waals surface area (Å²) >= 11 is 0. The minimum Gasteiger partial charge on any atom is -0.487 e. The number of pyridine rings is 1. The van der Waals surface area contributed by atoms with E-state index in [1.165, 1.54) is 24.3 Å². The number of nitro benzene ring substituents is 1. The van der Waals surface area contributed by atoms with Gasteiger partial charge in [0.25, 0.3) is 5.69 Å². The van der Waals surface area contributed by atoms with Gasteiger partial charge in [-0.1, -0.05) is 0 Å². The van der Waals surface area contributed by atoms with Crippen molar-refractivity contribution < 1.29 is 24.1 Å². The molecule has 0 saturated heterocycles. The largest absolute Gasteiger partial charge is 0.487 e. The molecular formula is C17H18N4O7. The van der Waals surface area contributed by atoms with Crippen molar-refractivity contribution in [2.24, 2.45) is 0 Å². The number of carbonyl (C=O) groups excluding carboxylic acids is 1. The topological polar surface area (TPSA) is 147 Å². The molecule has 148 valence electrons. The Bertz CT molecular complexity index is 855. The molecule has 28 heavy (non-hydrogen) atoms. The van der Waals surface area contributed by atoms with Crippen LogP contribution in [0.25, 0.3) is 0 Å². The average molecular weight is 390 g/mol. The van der Waals surface area contributed by atoms with E-state index in [-0.39, 0.29) is 35.9 Å². The fraction of sp³-hybridized carbons (Fsp3) is 0.294. The molecule has 0 fully saturated rings. The Labute approximate surface area is 159 Å². The molecule has 0 bridgehead atoms. The molecule has 0 aliphatic heterocycles. The second kappa shape index (κ2) is 9.80. The number of nitrogens with zero attached hydrogens (tertiary/aromatic N) is 3. The van der Waals surface area contributed by atoms with Gasteiger partial charge in [0.05, 0.1) is 28.6 Å². The van der Waals surface area contributed by atoms with Crippen LogP contribution in [0.4, 0.5) is 17.2 Å². The molecule has 0 atom stereocenters. The van der Waals surface area contributed by atoms with E-state index >= 15 is 0 Å². The van der Waals surface area contributed by atoms with Crippen molar-refractivity contribution in [3.05, 3.63) is 62.3 Å². The molecule has 1 aromatic heterocycles. The second-order valence-corrected chi connectivity index (χ2v) is 5.45. The SMILES string of the molecule is CCOc1ccc(C(=O)OCCCNc2ccc([N+](=O)[O-])cn2)cc1[N+](=O)[O-]. The summed E-state index contributed by atoms with van der Waals surface area (Å²) in [7, 11) is 0. The highest BCUT2D eigenvalue weighted by molar-refractivity contribution is 5.90. The van der Waals surface area contributed by atoms with Gasteiger partial charge in [-0.05, 0) is 31.5 Å². The number of rotatable bonds is 10. The first kappa shape index (κ1) is 20.6. The van der Waals surface area contributed by atoms with Crippen LogP contribution < -0.4 is 10.1 Å². The second-order valence-electron chi connectivity index (χ2n) is 5.45. The van der Waals surface area contributed by atoms with E-state index < -0.39 is 15.8 Å². The lowest BCUT2D eigenvalue weighted by molar-refractivity contribution is -0.385. The first-order valence-corrected chi connectivity index (χ1v) is 8.35. The number of esters is 1. The van der Waals surface area contributed by atoms with Gasteiger partial charge >= 0.3 is 11.7 Å². The predicted molar refractivity (Wildman–Crippen MR) is 98.5 cm³/mol. The highest BCUT2D eigenvalue weighted by atomic mass is 16.6. The quantitative estimate of drug-likeness (QED) is 0.280. The number of benzene rings is 1. The normalized spacial score (nSPS) is 10.2. The van der Waals surface area contributed by atoms with Gasteiger partial charge < -0.3 is 14.8 Å². The summed E-state index contributed by atoms with van der Waals surface area (Å²) in [6.45, 7) is 2.47. The van der Waals surface area contributed by atoms with Crippen LogP contribution in [-0.2, 0) is 4.74 Å². The monoisotopic (exact) mass is 390 g/mol. The van der Waals surface area contributed by atoms with Crippen LogP contribution in [0.2, 0.25) is 0 Å². The average Bonchev–Trinajstić information content (AvgIpc) is 2.68. The Morgan fingerprint density at radius 2 is 1.96 bits per heavy atom. The maximum atomic E-state index is 12.0. The van der Waals surface area contributed by atoms with Gasteiger partial charge in [0.2, 0.25) is 0 Å². The number of hydrogen-bond acceptors (Lipinski definition) is 9. The summed E-state index contributed by atoms with van der Waals surface area (Å²) < 4.78 is 10.3. The van der Waals surface area contributed by atoms with Crippen LogP contribution in [0.3, 0.4) is 0 Å². The van der Waals surface area contributed by atoms with Gasteiger partial charge in [0.15, 0.2) is 5.75 Å². The van der Waals surface area contributed by atoms with Crippen LogP contribution in [0.15, 0.2) is 36.5 Å². The van der Waals surface area contributed by atoms with Gasteiger partial charge in [0, 0.05) is 18.7 Å². The standard InChI is InChI=1S/C17H18N4O7/c1-2-27-15-6-4-12(10-14(15)21(25)26)17(22)28-9-3-8-18-16-7-5-13(11-19-16)20(23)24/h4-7,10-11H,2-3,8-9H2,1H3,(H,18,19). The van der Waals surface area contributed by atoms with Crippen molar-refractivity contribution >= 4 is 23.2 Å². The Kier molecular flexibility index (Phi) is 7.20. The first-order valence-electron chi connectivity index (χ1n) is 8.35. The highest BCUT2D eigenvalue weighted by Crippen LogP contribution is 2.28. The van der Waals surface area contributed by atoms with Crippen molar-refractivity contribution in [1.82, 2.24) is 4.98 Å². The third kappa shape index (κ3) is 5.62. The van der Waals surface area contributed by atoms with Gasteiger partial charge in [-0.15, -0.1) is 0 Å². The van der Waals surface area contributed by atoms with E-state index in [9.17, 15) is 25.0 Å². The Hall–Kier alpha value is -3.76. The fourth-order valence-electron chi connectivity index (χ4n) is 2.20. The third-order valence-electron chi connectivity index (χ3n) is 3.51. The molecule has 1 N–H and O–H groups in total. The minimum atomic E-state index is -0.681. The third-order valence-corrected chi connectivity index (χ3v) is 3.51. The van der Waals surface area contributed by atoms with Crippen LogP contribution in [0, 0.1) is 20.2 Å². The summed E-state index contributed by atoms with van der Waals surface area (Å²) in [4.78, 5) is 36.4. The molecule has 0 aliphatic carbocycles. The maximum Gasteiger partial charge on any atom is 0.338 e. The van der Waals surface area contributed by atoms with E-state index in [0.717, 1.165) is 12.3 Å². The van der Waals surface area contributed by atoms with Crippen molar-refractivity contribution in [2.75, 3.05) is 25.1 Å². The van der Waals surface area contributed by atoms with Gasteiger partial charge in [-0.3, -0.25) is 20.2 Å². The van der Waals surface area contributed by atoms with E-state index in [2.05, 4.69) is 10.3 Å². The molecule has 1 heterocycles. The Balaban J connectivity index is 1.81. The molecule has 0 radical (unpaired) electrons. The number of carbonyl (C=O) groups is 1. The number of aromatic nitrogens is 1. The van der Waals surface area contributed by atoms with Crippen molar-refractivity contribution in [3.8, 4) is 5.75 Å². The van der Waals surface area contributed by atoms with Crippen molar-refractivity contribution in [2.45, 2.75) is 13.3 Å². The number of nitro groups is 2. The van der Waals surface area contributed by atoms with E-state index in [1.54, 1.807) is 6.92 Å². The fourth-order valence-corrected chi connectivity index (χ4v) is 2.20. The summed E-state index contributed by atoms with van der Waals surface area (Å²) in [5.41, 5.74) is -0.355. The van der Waals surface area contributed by atoms with Gasteiger partial charge in [-0.2, -0.15) is 0 Å². The number of nitrogens with one attached hydrogen (secondary N) is 1. The molecule has 2 rings (SSSR count). The lowest BCUT2D eigenvalue weighted by atomic mass is 10.2. The summed E-state index contributed by atoms with van der Waals surface area (Å²) in [6.07, 6.45) is 1.59. The molecule has 0 unspecified atom stereocenters. The summed E-state index contributed by atoms with van der Waals surface area (Å²) in [6, 6.07) is 6.68. The lowest BCUT2D eigenvalue weighted by Gasteiger charge is -2.08. The zero-order valence-corrected chi connectivity index (χ0v) is 15.0. The minimum absolute atomic E-state index is 0.0557. The Morgan fingerprint density at radius 1 is 1.18 bits per heavy atom. The van der Waals surface area contributed by atoms with Crippen LogP contribution in [-0.4, -0.2) is 40.6 Å². The molecule has 11 nitrogen and oxygen atoms in total. The van der Waals surface area contributed by atoms with Crippen molar-refractivity contribution in [3.63, 3.8) is 0 Å².